The van der Waals surface area contributed by atoms with Gasteiger partial charge >= 0.3 is 5.97 Å². The molecule has 2 rings (SSSR count). The van der Waals surface area contributed by atoms with Crippen LogP contribution in [-0.2, 0) is 4.79 Å². The average molecular weight is 248 g/mol. The second kappa shape index (κ2) is 5.40. The summed E-state index contributed by atoms with van der Waals surface area (Å²) in [6.45, 7) is 6.18. The Hall–Kier alpha value is -1.55. The molecule has 1 aromatic rings. The number of nitrogens with one attached hydrogen (secondary N) is 1. The van der Waals surface area contributed by atoms with Gasteiger partial charge in [-0.25, -0.2) is 0 Å². The van der Waals surface area contributed by atoms with Crippen molar-refractivity contribution in [3.63, 3.8) is 0 Å². The van der Waals surface area contributed by atoms with Gasteiger partial charge in [-0.1, -0.05) is 12.1 Å². The summed E-state index contributed by atoms with van der Waals surface area (Å²) < 4.78 is 0. The van der Waals surface area contributed by atoms with Gasteiger partial charge in [-0.3, -0.25) is 4.79 Å². The van der Waals surface area contributed by atoms with Gasteiger partial charge in [0.1, 0.15) is 0 Å². The molecule has 98 valence electrons. The van der Waals surface area contributed by atoms with Crippen molar-refractivity contribution in [3.8, 4) is 0 Å². The van der Waals surface area contributed by atoms with E-state index in [0.29, 0.717) is 0 Å². The number of rotatable bonds is 4. The van der Waals surface area contributed by atoms with Crippen LogP contribution < -0.4 is 10.2 Å². The molecule has 0 bridgehead atoms. The number of aryl methyl sites for hydroxylation is 1. The summed E-state index contributed by atoms with van der Waals surface area (Å²) in [6, 6.07) is 6.62. The second-order valence-electron chi connectivity index (χ2n) is 4.93. The molecule has 1 atom stereocenters. The molecule has 1 aliphatic rings. The van der Waals surface area contributed by atoms with Gasteiger partial charge < -0.3 is 15.3 Å². The fourth-order valence-electron chi connectivity index (χ4n) is 2.46. The Balaban J connectivity index is 2.00. The Bertz CT molecular complexity index is 445. The van der Waals surface area contributed by atoms with Crippen LogP contribution in [0.2, 0.25) is 0 Å². The lowest BCUT2D eigenvalue weighted by Crippen LogP contribution is -2.36. The zero-order chi connectivity index (χ0) is 13.1. The highest BCUT2D eigenvalue weighted by Gasteiger charge is 2.23. The maximum Gasteiger partial charge on any atom is 0.317 e. The van der Waals surface area contributed by atoms with Crippen LogP contribution in [0.1, 0.15) is 17.5 Å². The number of benzene rings is 1. The molecule has 4 heteroatoms. The lowest BCUT2D eigenvalue weighted by Gasteiger charge is -2.22. The minimum Gasteiger partial charge on any atom is -0.480 e. The van der Waals surface area contributed by atoms with Crippen molar-refractivity contribution >= 4 is 11.7 Å². The topological polar surface area (TPSA) is 52.6 Å². The van der Waals surface area contributed by atoms with E-state index in [-0.39, 0.29) is 12.6 Å². The van der Waals surface area contributed by atoms with Crippen LogP contribution in [0.5, 0.6) is 0 Å². The third kappa shape index (κ3) is 2.82. The summed E-state index contributed by atoms with van der Waals surface area (Å²) in [7, 11) is 0. The molecule has 1 aromatic carbocycles. The second-order valence-corrected chi connectivity index (χ2v) is 4.93. The third-order valence-electron chi connectivity index (χ3n) is 3.65. The number of nitrogens with zero attached hydrogens (tertiary/aromatic N) is 1. The molecule has 4 nitrogen and oxygen atoms in total. The molecule has 0 amide bonds. The molecule has 18 heavy (non-hydrogen) atoms. The van der Waals surface area contributed by atoms with Crippen molar-refractivity contribution in [2.24, 2.45) is 0 Å². The number of hydrogen-bond acceptors (Lipinski definition) is 3. The minimum atomic E-state index is -0.791. The molecule has 0 aromatic heterocycles. The van der Waals surface area contributed by atoms with E-state index in [1.54, 1.807) is 0 Å². The molecule has 2 N–H and O–H groups in total. The highest BCUT2D eigenvalue weighted by Crippen LogP contribution is 2.26. The first-order valence-electron chi connectivity index (χ1n) is 6.34. The summed E-state index contributed by atoms with van der Waals surface area (Å²) in [5, 5.41) is 11.7. The van der Waals surface area contributed by atoms with Gasteiger partial charge in [0.25, 0.3) is 0 Å². The van der Waals surface area contributed by atoms with Crippen LogP contribution in [0.15, 0.2) is 18.2 Å². The average Bonchev–Trinajstić information content (AvgIpc) is 2.78. The van der Waals surface area contributed by atoms with Crippen LogP contribution in [0, 0.1) is 13.8 Å². The Kier molecular flexibility index (Phi) is 3.87. The Labute approximate surface area is 108 Å². The maximum atomic E-state index is 10.5. The molecule has 1 heterocycles. The quantitative estimate of drug-likeness (QED) is 0.849. The summed E-state index contributed by atoms with van der Waals surface area (Å²) in [5.74, 6) is -0.791. The summed E-state index contributed by atoms with van der Waals surface area (Å²) in [5.41, 5.74) is 3.89. The van der Waals surface area contributed by atoms with Gasteiger partial charge in [-0.15, -0.1) is 0 Å². The van der Waals surface area contributed by atoms with Crippen LogP contribution >= 0.6 is 0 Å². The van der Waals surface area contributed by atoms with Crippen molar-refractivity contribution in [1.82, 2.24) is 5.32 Å². The largest absolute Gasteiger partial charge is 0.480 e. The summed E-state index contributed by atoms with van der Waals surface area (Å²) >= 11 is 0. The van der Waals surface area contributed by atoms with E-state index in [9.17, 15) is 4.79 Å². The molecule has 1 fully saturated rings. The minimum absolute atomic E-state index is 0.0469. The number of aliphatic carboxylic acids is 1. The highest BCUT2D eigenvalue weighted by atomic mass is 16.4. The van der Waals surface area contributed by atoms with Gasteiger partial charge in [0.2, 0.25) is 0 Å². The maximum absolute atomic E-state index is 10.5. The molecule has 0 saturated carbocycles. The molecule has 1 aliphatic heterocycles. The Morgan fingerprint density at radius 1 is 1.50 bits per heavy atom. The van der Waals surface area contributed by atoms with Gasteiger partial charge in [0.05, 0.1) is 6.54 Å². The van der Waals surface area contributed by atoms with E-state index in [1.165, 1.54) is 16.8 Å². The number of hydrogen-bond donors (Lipinski definition) is 2. The first kappa shape index (κ1) is 12.9. The number of carboxylic acid groups (broad SMARTS) is 1. The first-order chi connectivity index (χ1) is 8.58. The van der Waals surface area contributed by atoms with E-state index in [0.717, 1.165) is 19.5 Å². The van der Waals surface area contributed by atoms with Crippen molar-refractivity contribution in [3.05, 3.63) is 29.3 Å². The van der Waals surface area contributed by atoms with Crippen LogP contribution in [0.3, 0.4) is 0 Å². The van der Waals surface area contributed by atoms with Gasteiger partial charge in [-0.05, 0) is 37.5 Å². The first-order valence-corrected chi connectivity index (χ1v) is 6.34. The van der Waals surface area contributed by atoms with E-state index in [1.807, 2.05) is 0 Å². The fraction of sp³-hybridized carbons (Fsp3) is 0.500. The molecular formula is C14H20N2O2. The Morgan fingerprint density at radius 2 is 2.28 bits per heavy atom. The monoisotopic (exact) mass is 248 g/mol. The number of carboxylic acids is 1. The van der Waals surface area contributed by atoms with E-state index in [2.05, 4.69) is 42.3 Å². The van der Waals surface area contributed by atoms with Gasteiger partial charge in [0, 0.05) is 24.8 Å². The van der Waals surface area contributed by atoms with Crippen molar-refractivity contribution in [1.29, 1.82) is 0 Å². The van der Waals surface area contributed by atoms with E-state index >= 15 is 0 Å². The SMILES string of the molecule is Cc1cccc(N2CCC(NCC(=O)O)C2)c1C. The standard InChI is InChI=1S/C14H20N2O2/c1-10-4-3-5-13(11(10)2)16-7-6-12(9-16)15-8-14(17)18/h3-5,12,15H,6-9H2,1-2H3,(H,17,18). The lowest BCUT2D eigenvalue weighted by atomic mass is 10.1. The zero-order valence-electron chi connectivity index (χ0n) is 10.9. The number of anilines is 1. The van der Waals surface area contributed by atoms with Gasteiger partial charge in [0.15, 0.2) is 0 Å². The molecular weight excluding hydrogens is 228 g/mol. The predicted octanol–water partition coefficient (Wildman–Crippen LogP) is 1.56. The van der Waals surface area contributed by atoms with E-state index in [4.69, 9.17) is 5.11 Å². The highest BCUT2D eigenvalue weighted by molar-refractivity contribution is 5.69. The van der Waals surface area contributed by atoms with Crippen LogP contribution in [0.4, 0.5) is 5.69 Å². The van der Waals surface area contributed by atoms with Crippen LogP contribution in [0.25, 0.3) is 0 Å². The van der Waals surface area contributed by atoms with Crippen molar-refractivity contribution in [2.45, 2.75) is 26.3 Å². The number of carbonyl (C=O) groups is 1. The Morgan fingerprint density at radius 3 is 3.00 bits per heavy atom. The summed E-state index contributed by atoms with van der Waals surface area (Å²) in [4.78, 5) is 12.9. The third-order valence-corrected chi connectivity index (χ3v) is 3.65. The smallest absolute Gasteiger partial charge is 0.317 e. The van der Waals surface area contributed by atoms with Gasteiger partial charge in [-0.2, -0.15) is 0 Å². The van der Waals surface area contributed by atoms with E-state index < -0.39 is 5.97 Å². The molecule has 0 spiro atoms. The predicted molar refractivity (Wildman–Crippen MR) is 72.2 cm³/mol. The normalized spacial score (nSPS) is 19.2. The molecule has 1 unspecified atom stereocenters. The molecule has 0 aliphatic carbocycles. The lowest BCUT2D eigenvalue weighted by molar-refractivity contribution is -0.136. The fourth-order valence-corrected chi connectivity index (χ4v) is 2.46. The summed E-state index contributed by atoms with van der Waals surface area (Å²) in [6.07, 6.45) is 1.00. The van der Waals surface area contributed by atoms with Crippen molar-refractivity contribution < 1.29 is 9.90 Å². The van der Waals surface area contributed by atoms with Crippen LogP contribution in [-0.4, -0.2) is 36.8 Å². The zero-order valence-corrected chi connectivity index (χ0v) is 10.9. The molecule has 0 radical (unpaired) electrons. The van der Waals surface area contributed by atoms with Crippen molar-refractivity contribution in [2.75, 3.05) is 24.5 Å². The molecule has 1 saturated heterocycles.